The monoisotopic (exact) mass is 480 g/mol. The summed E-state index contributed by atoms with van der Waals surface area (Å²) in [5.41, 5.74) is 1.52. The van der Waals surface area contributed by atoms with E-state index in [4.69, 9.17) is 23.8 Å². The Morgan fingerprint density at radius 3 is 2.78 bits per heavy atom. The zero-order valence-corrected chi connectivity index (χ0v) is 17.9. The number of carbonyl (C=O) groups is 2. The van der Waals surface area contributed by atoms with E-state index in [0.29, 0.717) is 19.9 Å². The van der Waals surface area contributed by atoms with E-state index in [9.17, 15) is 9.59 Å². The zero-order chi connectivity index (χ0) is 19.4. The van der Waals surface area contributed by atoms with Crippen LogP contribution in [0.3, 0.4) is 0 Å². The molecular formula is C19H14BrClN2O2S2. The molecule has 1 saturated heterocycles. The molecule has 27 heavy (non-hydrogen) atoms. The van der Waals surface area contributed by atoms with Gasteiger partial charge in [-0.3, -0.25) is 14.5 Å². The van der Waals surface area contributed by atoms with Crippen LogP contribution < -0.4 is 5.32 Å². The van der Waals surface area contributed by atoms with Crippen LogP contribution in [0, 0.1) is 0 Å². The number of halogens is 2. The predicted molar refractivity (Wildman–Crippen MR) is 119 cm³/mol. The van der Waals surface area contributed by atoms with E-state index in [1.54, 1.807) is 30.3 Å². The van der Waals surface area contributed by atoms with Gasteiger partial charge in [-0.1, -0.05) is 69.7 Å². The van der Waals surface area contributed by atoms with E-state index < -0.39 is 0 Å². The maximum absolute atomic E-state index is 12.6. The fraction of sp³-hybridized carbons (Fsp3) is 0.105. The molecule has 138 valence electrons. The molecule has 2 aromatic rings. The van der Waals surface area contributed by atoms with Crippen molar-refractivity contribution in [2.24, 2.45) is 0 Å². The van der Waals surface area contributed by atoms with Gasteiger partial charge in [-0.25, -0.2) is 0 Å². The SMILES string of the molecule is O=C(CCN1C(=O)/C(=C/c2cccc(Br)c2)SC1=S)Nc1cccc(Cl)c1. The highest BCUT2D eigenvalue weighted by molar-refractivity contribution is 9.10. The molecule has 1 heterocycles. The number of thioether (sulfide) groups is 1. The van der Waals surface area contributed by atoms with Gasteiger partial charge in [0.05, 0.1) is 4.91 Å². The maximum atomic E-state index is 12.6. The number of amides is 2. The van der Waals surface area contributed by atoms with Crippen LogP contribution in [-0.4, -0.2) is 27.6 Å². The molecule has 0 unspecified atom stereocenters. The van der Waals surface area contributed by atoms with E-state index in [1.165, 1.54) is 16.7 Å². The normalized spacial score (nSPS) is 15.5. The first-order chi connectivity index (χ1) is 12.9. The molecule has 1 N–H and O–H groups in total. The summed E-state index contributed by atoms with van der Waals surface area (Å²) in [4.78, 5) is 26.8. The van der Waals surface area contributed by atoms with Crippen molar-refractivity contribution in [2.45, 2.75) is 6.42 Å². The Morgan fingerprint density at radius 2 is 2.04 bits per heavy atom. The molecule has 0 aromatic heterocycles. The molecule has 3 rings (SSSR count). The molecule has 2 aromatic carbocycles. The maximum Gasteiger partial charge on any atom is 0.266 e. The molecule has 0 radical (unpaired) electrons. The van der Waals surface area contributed by atoms with Gasteiger partial charge in [-0.2, -0.15) is 0 Å². The van der Waals surface area contributed by atoms with Crippen molar-refractivity contribution in [3.63, 3.8) is 0 Å². The minimum absolute atomic E-state index is 0.142. The lowest BCUT2D eigenvalue weighted by atomic mass is 10.2. The highest BCUT2D eigenvalue weighted by Gasteiger charge is 2.32. The molecule has 0 aliphatic carbocycles. The van der Waals surface area contributed by atoms with Crippen LogP contribution in [0.2, 0.25) is 5.02 Å². The topological polar surface area (TPSA) is 49.4 Å². The number of nitrogens with one attached hydrogen (secondary N) is 1. The van der Waals surface area contributed by atoms with Crippen molar-refractivity contribution in [2.75, 3.05) is 11.9 Å². The summed E-state index contributed by atoms with van der Waals surface area (Å²) in [6.45, 7) is 0.229. The second-order valence-corrected chi connectivity index (χ2v) is 8.72. The van der Waals surface area contributed by atoms with Crippen LogP contribution in [0.4, 0.5) is 5.69 Å². The van der Waals surface area contributed by atoms with Crippen molar-refractivity contribution >= 4 is 79.4 Å². The lowest BCUT2D eigenvalue weighted by molar-refractivity contribution is -0.122. The van der Waals surface area contributed by atoms with Crippen molar-refractivity contribution in [3.8, 4) is 0 Å². The number of thiocarbonyl (C=S) groups is 1. The fourth-order valence-electron chi connectivity index (χ4n) is 2.44. The largest absolute Gasteiger partial charge is 0.326 e. The highest BCUT2D eigenvalue weighted by Crippen LogP contribution is 2.33. The first-order valence-electron chi connectivity index (χ1n) is 7.99. The number of nitrogens with zero attached hydrogens (tertiary/aromatic N) is 1. The van der Waals surface area contributed by atoms with Gasteiger partial charge >= 0.3 is 0 Å². The van der Waals surface area contributed by atoms with Crippen molar-refractivity contribution in [3.05, 3.63) is 68.5 Å². The zero-order valence-electron chi connectivity index (χ0n) is 13.9. The second kappa shape index (κ2) is 9.01. The van der Waals surface area contributed by atoms with Crippen LogP contribution in [0.5, 0.6) is 0 Å². The summed E-state index contributed by atoms with van der Waals surface area (Å²) in [5, 5.41) is 3.31. The van der Waals surface area contributed by atoms with Gasteiger partial charge in [-0.15, -0.1) is 0 Å². The summed E-state index contributed by atoms with van der Waals surface area (Å²) in [6, 6.07) is 14.6. The molecule has 1 aliphatic rings. The molecular weight excluding hydrogens is 468 g/mol. The summed E-state index contributed by atoms with van der Waals surface area (Å²) in [7, 11) is 0. The van der Waals surface area contributed by atoms with E-state index in [1.807, 2.05) is 24.3 Å². The molecule has 4 nitrogen and oxygen atoms in total. The van der Waals surface area contributed by atoms with E-state index in [0.717, 1.165) is 10.0 Å². The Morgan fingerprint density at radius 1 is 1.26 bits per heavy atom. The van der Waals surface area contributed by atoms with Gasteiger partial charge in [-0.05, 0) is 42.0 Å². The third kappa shape index (κ3) is 5.42. The minimum Gasteiger partial charge on any atom is -0.326 e. The number of rotatable bonds is 5. The quantitative estimate of drug-likeness (QED) is 0.463. The third-order valence-corrected chi connectivity index (χ3v) is 5.80. The molecule has 1 aliphatic heterocycles. The van der Waals surface area contributed by atoms with Gasteiger partial charge in [0.2, 0.25) is 5.91 Å². The van der Waals surface area contributed by atoms with Crippen LogP contribution in [0.15, 0.2) is 57.9 Å². The summed E-state index contributed by atoms with van der Waals surface area (Å²) in [5.74, 6) is -0.386. The summed E-state index contributed by atoms with van der Waals surface area (Å²) < 4.78 is 1.39. The Hall–Kier alpha value is -1.67. The molecule has 0 spiro atoms. The van der Waals surface area contributed by atoms with Crippen molar-refractivity contribution < 1.29 is 9.59 Å². The first kappa shape index (κ1) is 20.1. The van der Waals surface area contributed by atoms with Gasteiger partial charge in [0.15, 0.2) is 0 Å². The van der Waals surface area contributed by atoms with Crippen LogP contribution in [-0.2, 0) is 9.59 Å². The van der Waals surface area contributed by atoms with Crippen molar-refractivity contribution in [1.82, 2.24) is 4.90 Å². The number of benzene rings is 2. The Labute approximate surface area is 180 Å². The van der Waals surface area contributed by atoms with Crippen LogP contribution >= 0.6 is 51.5 Å². The van der Waals surface area contributed by atoms with Crippen LogP contribution in [0.25, 0.3) is 6.08 Å². The van der Waals surface area contributed by atoms with Gasteiger partial charge < -0.3 is 5.32 Å². The summed E-state index contributed by atoms with van der Waals surface area (Å²) in [6.07, 6.45) is 1.94. The average Bonchev–Trinajstić information content (AvgIpc) is 2.86. The van der Waals surface area contributed by atoms with E-state index >= 15 is 0 Å². The summed E-state index contributed by atoms with van der Waals surface area (Å²) >= 11 is 15.9. The average molecular weight is 482 g/mol. The smallest absolute Gasteiger partial charge is 0.266 e. The first-order valence-corrected chi connectivity index (χ1v) is 10.4. The number of anilines is 1. The molecule has 1 fully saturated rings. The molecule has 0 saturated carbocycles. The number of hydrogen-bond donors (Lipinski definition) is 1. The lowest BCUT2D eigenvalue weighted by Gasteiger charge is -2.14. The van der Waals surface area contributed by atoms with Gasteiger partial charge in [0.25, 0.3) is 5.91 Å². The predicted octanol–water partition coefficient (Wildman–Crippen LogP) is 5.33. The fourth-order valence-corrected chi connectivity index (χ4v) is 4.36. The van der Waals surface area contributed by atoms with E-state index in [-0.39, 0.29) is 24.8 Å². The number of carbonyl (C=O) groups excluding carboxylic acids is 2. The number of hydrogen-bond acceptors (Lipinski definition) is 4. The highest BCUT2D eigenvalue weighted by atomic mass is 79.9. The minimum atomic E-state index is -0.206. The van der Waals surface area contributed by atoms with Gasteiger partial charge in [0.1, 0.15) is 4.32 Å². The Kier molecular flexibility index (Phi) is 6.70. The lowest BCUT2D eigenvalue weighted by Crippen LogP contribution is -2.31. The Balaban J connectivity index is 1.61. The van der Waals surface area contributed by atoms with Crippen molar-refractivity contribution in [1.29, 1.82) is 0 Å². The Bertz CT molecular complexity index is 949. The standard InChI is InChI=1S/C19H14BrClN2O2S2/c20-13-4-1-3-12(9-13)10-16-18(25)23(19(26)27-16)8-7-17(24)22-15-6-2-5-14(21)11-15/h1-6,9-11H,7-8H2,(H,22,24)/b16-10-. The molecule has 0 atom stereocenters. The van der Waals surface area contributed by atoms with Crippen LogP contribution in [0.1, 0.15) is 12.0 Å². The van der Waals surface area contributed by atoms with Gasteiger partial charge in [0, 0.05) is 28.1 Å². The molecule has 8 heteroatoms. The molecule has 2 amide bonds. The second-order valence-electron chi connectivity index (χ2n) is 5.70. The molecule has 0 bridgehead atoms. The van der Waals surface area contributed by atoms with E-state index in [2.05, 4.69) is 21.2 Å². The third-order valence-electron chi connectivity index (χ3n) is 3.69.